The van der Waals surface area contributed by atoms with Gasteiger partial charge in [0, 0.05) is 24.7 Å². The second-order valence-corrected chi connectivity index (χ2v) is 6.55. The average molecular weight is 353 g/mol. The third-order valence-corrected chi connectivity index (χ3v) is 4.30. The average Bonchev–Trinajstić information content (AvgIpc) is 2.61. The highest BCUT2D eigenvalue weighted by Crippen LogP contribution is 2.19. The van der Waals surface area contributed by atoms with E-state index in [-0.39, 0.29) is 17.9 Å². The molecule has 0 aliphatic carbocycles. The number of anilines is 1. The number of nitrogens with zero attached hydrogens (tertiary/aromatic N) is 1. The second-order valence-electron chi connectivity index (χ2n) is 6.55. The maximum atomic E-state index is 12.5. The smallest absolute Gasteiger partial charge is 0.251 e. The molecule has 5 heteroatoms. The molecule has 0 saturated heterocycles. The van der Waals surface area contributed by atoms with Crippen molar-refractivity contribution in [3.05, 3.63) is 65.2 Å². The van der Waals surface area contributed by atoms with Gasteiger partial charge >= 0.3 is 0 Å². The van der Waals surface area contributed by atoms with E-state index in [2.05, 4.69) is 46.7 Å². The Labute approximate surface area is 155 Å². The minimum Gasteiger partial charge on any atom is -0.350 e. The van der Waals surface area contributed by atoms with Crippen LogP contribution < -0.4 is 10.6 Å². The van der Waals surface area contributed by atoms with Gasteiger partial charge in [0.15, 0.2) is 0 Å². The van der Waals surface area contributed by atoms with Crippen molar-refractivity contribution in [2.24, 2.45) is 0 Å². The lowest BCUT2D eigenvalue weighted by molar-refractivity contribution is -0.114. The number of rotatable bonds is 7. The number of hydrogen-bond donors (Lipinski definition) is 2. The highest BCUT2D eigenvalue weighted by molar-refractivity contribution is 5.96. The van der Waals surface area contributed by atoms with Gasteiger partial charge in [-0.3, -0.25) is 9.59 Å². The van der Waals surface area contributed by atoms with Gasteiger partial charge in [-0.25, -0.2) is 0 Å². The lowest BCUT2D eigenvalue weighted by atomic mass is 10.0. The summed E-state index contributed by atoms with van der Waals surface area (Å²) < 4.78 is 0. The van der Waals surface area contributed by atoms with E-state index in [9.17, 15) is 9.59 Å². The minimum absolute atomic E-state index is 0.0865. The molecule has 26 heavy (non-hydrogen) atoms. The molecule has 0 radical (unpaired) electrons. The van der Waals surface area contributed by atoms with E-state index in [4.69, 9.17) is 0 Å². The Balaban J connectivity index is 2.06. The van der Waals surface area contributed by atoms with Gasteiger partial charge in [-0.15, -0.1) is 0 Å². The fourth-order valence-electron chi connectivity index (χ4n) is 2.81. The molecule has 0 spiro atoms. The summed E-state index contributed by atoms with van der Waals surface area (Å²) in [5, 5.41) is 5.69. The molecule has 0 heterocycles. The van der Waals surface area contributed by atoms with E-state index in [0.717, 1.165) is 6.42 Å². The van der Waals surface area contributed by atoms with Crippen LogP contribution in [0.3, 0.4) is 0 Å². The number of likely N-dealkylation sites (N-methyl/N-ethyl adjacent to an activating group) is 1. The van der Waals surface area contributed by atoms with Crippen LogP contribution in [0.5, 0.6) is 0 Å². The van der Waals surface area contributed by atoms with Crippen molar-refractivity contribution in [1.29, 1.82) is 0 Å². The van der Waals surface area contributed by atoms with Crippen molar-refractivity contribution in [2.75, 3.05) is 26.0 Å². The zero-order valence-electron chi connectivity index (χ0n) is 15.9. The van der Waals surface area contributed by atoms with Crippen molar-refractivity contribution < 1.29 is 9.59 Å². The Morgan fingerprint density at radius 3 is 2.35 bits per heavy atom. The molecule has 0 unspecified atom stereocenters. The summed E-state index contributed by atoms with van der Waals surface area (Å²) in [6, 6.07) is 15.5. The summed E-state index contributed by atoms with van der Waals surface area (Å²) in [7, 11) is 4.00. The summed E-state index contributed by atoms with van der Waals surface area (Å²) in [5.74, 6) is -0.319. The van der Waals surface area contributed by atoms with Crippen LogP contribution in [-0.2, 0) is 11.2 Å². The Kier molecular flexibility index (Phi) is 6.92. The van der Waals surface area contributed by atoms with Gasteiger partial charge in [-0.2, -0.15) is 0 Å². The molecule has 0 aliphatic rings. The highest BCUT2D eigenvalue weighted by Gasteiger charge is 2.16. The largest absolute Gasteiger partial charge is 0.350 e. The van der Waals surface area contributed by atoms with Crippen LogP contribution in [0, 0.1) is 0 Å². The monoisotopic (exact) mass is 353 g/mol. The van der Waals surface area contributed by atoms with Gasteiger partial charge in [0.05, 0.1) is 6.04 Å². The van der Waals surface area contributed by atoms with E-state index < -0.39 is 0 Å². The number of benzene rings is 2. The molecule has 2 rings (SSSR count). The van der Waals surface area contributed by atoms with Crippen LogP contribution in [0.4, 0.5) is 5.69 Å². The van der Waals surface area contributed by atoms with Crippen LogP contribution in [0.25, 0.3) is 0 Å². The van der Waals surface area contributed by atoms with Crippen LogP contribution >= 0.6 is 0 Å². The fraction of sp³-hybridized carbons (Fsp3) is 0.333. The third-order valence-electron chi connectivity index (χ3n) is 4.30. The van der Waals surface area contributed by atoms with Crippen molar-refractivity contribution >= 4 is 17.5 Å². The van der Waals surface area contributed by atoms with E-state index >= 15 is 0 Å². The molecular weight excluding hydrogens is 326 g/mol. The van der Waals surface area contributed by atoms with Gasteiger partial charge in [-0.1, -0.05) is 37.3 Å². The second kappa shape index (κ2) is 9.15. The van der Waals surface area contributed by atoms with Crippen molar-refractivity contribution in [3.8, 4) is 0 Å². The summed E-state index contributed by atoms with van der Waals surface area (Å²) >= 11 is 0. The van der Waals surface area contributed by atoms with Crippen molar-refractivity contribution in [2.45, 2.75) is 26.3 Å². The normalized spacial score (nSPS) is 11.9. The number of amides is 2. The first-order chi connectivity index (χ1) is 12.4. The molecule has 138 valence electrons. The van der Waals surface area contributed by atoms with Crippen LogP contribution in [0.1, 0.15) is 41.4 Å². The molecule has 2 aromatic rings. The summed E-state index contributed by atoms with van der Waals surface area (Å²) in [6.07, 6.45) is 1.01. The third kappa shape index (κ3) is 5.43. The summed E-state index contributed by atoms with van der Waals surface area (Å²) in [4.78, 5) is 25.8. The van der Waals surface area contributed by atoms with E-state index in [1.807, 2.05) is 14.1 Å². The SMILES string of the molecule is CCc1ccc([C@H](CNC(=O)c2cccc(NC(C)=O)c2)N(C)C)cc1. The number of carbonyl (C=O) groups is 2. The molecule has 5 nitrogen and oxygen atoms in total. The minimum atomic E-state index is -0.161. The molecular formula is C21H27N3O2. The standard InChI is InChI=1S/C21H27N3O2/c1-5-16-9-11-17(12-10-16)20(24(3)4)14-22-21(26)18-7-6-8-19(13-18)23-15(2)25/h6-13,20H,5,14H2,1-4H3,(H,22,26)(H,23,25)/t20-/m0/s1. The first kappa shape index (κ1) is 19.7. The molecule has 2 N–H and O–H groups in total. The van der Waals surface area contributed by atoms with E-state index in [0.29, 0.717) is 17.8 Å². The van der Waals surface area contributed by atoms with Gasteiger partial charge in [-0.05, 0) is 49.8 Å². The number of aryl methyl sites for hydroxylation is 1. The van der Waals surface area contributed by atoms with E-state index in [1.165, 1.54) is 18.1 Å². The molecule has 2 amide bonds. The Morgan fingerprint density at radius 2 is 1.77 bits per heavy atom. The molecule has 2 aromatic carbocycles. The number of carbonyl (C=O) groups excluding carboxylic acids is 2. The predicted octanol–water partition coefficient (Wildman–Crippen LogP) is 3.24. The van der Waals surface area contributed by atoms with Crippen LogP contribution in [0.15, 0.2) is 48.5 Å². The first-order valence-electron chi connectivity index (χ1n) is 8.81. The summed E-state index contributed by atoms with van der Waals surface area (Å²) in [6.45, 7) is 4.08. The van der Waals surface area contributed by atoms with Gasteiger partial charge in [0.2, 0.25) is 5.91 Å². The molecule has 0 bridgehead atoms. The van der Waals surface area contributed by atoms with Gasteiger partial charge < -0.3 is 15.5 Å². The molecule has 0 saturated carbocycles. The fourth-order valence-corrected chi connectivity index (χ4v) is 2.81. The zero-order valence-corrected chi connectivity index (χ0v) is 15.9. The van der Waals surface area contributed by atoms with Crippen LogP contribution in [-0.4, -0.2) is 37.4 Å². The molecule has 0 aromatic heterocycles. The quantitative estimate of drug-likeness (QED) is 0.803. The molecule has 0 fully saturated rings. The van der Waals surface area contributed by atoms with Crippen molar-refractivity contribution in [1.82, 2.24) is 10.2 Å². The Morgan fingerprint density at radius 1 is 1.08 bits per heavy atom. The van der Waals surface area contributed by atoms with Crippen LogP contribution in [0.2, 0.25) is 0 Å². The van der Waals surface area contributed by atoms with Crippen molar-refractivity contribution in [3.63, 3.8) is 0 Å². The zero-order chi connectivity index (χ0) is 19.1. The van der Waals surface area contributed by atoms with E-state index in [1.54, 1.807) is 24.3 Å². The lowest BCUT2D eigenvalue weighted by Gasteiger charge is -2.25. The summed E-state index contributed by atoms with van der Waals surface area (Å²) in [5.41, 5.74) is 3.60. The first-order valence-corrected chi connectivity index (χ1v) is 8.81. The maximum absolute atomic E-state index is 12.5. The molecule has 0 aliphatic heterocycles. The van der Waals surface area contributed by atoms with Gasteiger partial charge in [0.1, 0.15) is 0 Å². The number of hydrogen-bond acceptors (Lipinski definition) is 3. The number of nitrogens with one attached hydrogen (secondary N) is 2. The maximum Gasteiger partial charge on any atom is 0.251 e. The van der Waals surface area contributed by atoms with Gasteiger partial charge in [0.25, 0.3) is 5.91 Å². The predicted molar refractivity (Wildman–Crippen MR) is 105 cm³/mol. The topological polar surface area (TPSA) is 61.4 Å². The Bertz CT molecular complexity index is 754. The lowest BCUT2D eigenvalue weighted by Crippen LogP contribution is -2.34. The molecule has 1 atom stereocenters. The highest BCUT2D eigenvalue weighted by atomic mass is 16.2. The Hall–Kier alpha value is -2.66.